The zero-order valence-electron chi connectivity index (χ0n) is 9.55. The van der Waals surface area contributed by atoms with Crippen molar-refractivity contribution in [2.75, 3.05) is 26.2 Å². The average molecular weight is 209 g/mol. The van der Waals surface area contributed by atoms with Gasteiger partial charge in [-0.2, -0.15) is 5.26 Å². The third kappa shape index (κ3) is 3.88. The van der Waals surface area contributed by atoms with Crippen molar-refractivity contribution in [3.8, 4) is 6.07 Å². The highest BCUT2D eigenvalue weighted by atomic mass is 16.2. The standard InChI is InChI=1S/C11H19N3O/c1-11(2,9-12)4-7-14-6-3-5-13-8-10(14)15/h13H,3-8H2,1-2H3. The molecule has 0 bridgehead atoms. The van der Waals surface area contributed by atoms with E-state index in [1.807, 2.05) is 18.7 Å². The molecule has 1 N–H and O–H groups in total. The first kappa shape index (κ1) is 12.0. The first-order valence-corrected chi connectivity index (χ1v) is 5.45. The van der Waals surface area contributed by atoms with Gasteiger partial charge in [-0.1, -0.05) is 0 Å². The quantitative estimate of drug-likeness (QED) is 0.746. The van der Waals surface area contributed by atoms with Gasteiger partial charge in [0.05, 0.1) is 18.0 Å². The SMILES string of the molecule is CC(C)(C#N)CCN1CCCNCC1=O. The van der Waals surface area contributed by atoms with Crippen molar-refractivity contribution in [1.29, 1.82) is 5.26 Å². The number of nitriles is 1. The highest BCUT2D eigenvalue weighted by Gasteiger charge is 2.21. The third-order valence-corrected chi connectivity index (χ3v) is 2.72. The number of nitrogens with one attached hydrogen (secondary N) is 1. The Morgan fingerprint density at radius 2 is 2.33 bits per heavy atom. The minimum atomic E-state index is -0.333. The molecular weight excluding hydrogens is 190 g/mol. The van der Waals surface area contributed by atoms with E-state index in [0.29, 0.717) is 13.1 Å². The molecule has 1 amide bonds. The van der Waals surface area contributed by atoms with Gasteiger partial charge in [-0.05, 0) is 33.2 Å². The van der Waals surface area contributed by atoms with Crippen LogP contribution in [0.2, 0.25) is 0 Å². The summed E-state index contributed by atoms with van der Waals surface area (Å²) in [5.41, 5.74) is -0.333. The molecule has 0 radical (unpaired) electrons. The van der Waals surface area contributed by atoms with Gasteiger partial charge in [0, 0.05) is 13.1 Å². The predicted molar refractivity (Wildman–Crippen MR) is 58.1 cm³/mol. The molecule has 4 nitrogen and oxygen atoms in total. The number of rotatable bonds is 3. The molecule has 0 spiro atoms. The lowest BCUT2D eigenvalue weighted by molar-refractivity contribution is -0.129. The number of carbonyl (C=O) groups is 1. The molecule has 0 aromatic heterocycles. The number of carbonyl (C=O) groups excluding carboxylic acids is 1. The number of nitrogens with zero attached hydrogens (tertiary/aromatic N) is 2. The smallest absolute Gasteiger partial charge is 0.236 e. The lowest BCUT2D eigenvalue weighted by Gasteiger charge is -2.24. The fourth-order valence-corrected chi connectivity index (χ4v) is 1.53. The van der Waals surface area contributed by atoms with E-state index < -0.39 is 0 Å². The molecule has 1 rings (SSSR count). The number of hydrogen-bond donors (Lipinski definition) is 1. The predicted octanol–water partition coefficient (Wildman–Crippen LogP) is 0.748. The molecule has 1 fully saturated rings. The lowest BCUT2D eigenvalue weighted by atomic mass is 9.91. The molecule has 0 aromatic carbocycles. The van der Waals surface area contributed by atoms with Crippen LogP contribution < -0.4 is 5.32 Å². The maximum Gasteiger partial charge on any atom is 0.236 e. The van der Waals surface area contributed by atoms with E-state index in [4.69, 9.17) is 5.26 Å². The summed E-state index contributed by atoms with van der Waals surface area (Å²) in [7, 11) is 0. The van der Waals surface area contributed by atoms with Crippen LogP contribution in [0.25, 0.3) is 0 Å². The molecule has 15 heavy (non-hydrogen) atoms. The Morgan fingerprint density at radius 1 is 1.60 bits per heavy atom. The van der Waals surface area contributed by atoms with Crippen LogP contribution in [0.1, 0.15) is 26.7 Å². The van der Waals surface area contributed by atoms with Gasteiger partial charge < -0.3 is 10.2 Å². The Balaban J connectivity index is 2.43. The minimum absolute atomic E-state index is 0.154. The van der Waals surface area contributed by atoms with Crippen LogP contribution in [0, 0.1) is 16.7 Å². The van der Waals surface area contributed by atoms with Gasteiger partial charge >= 0.3 is 0 Å². The van der Waals surface area contributed by atoms with Crippen molar-refractivity contribution in [1.82, 2.24) is 10.2 Å². The summed E-state index contributed by atoms with van der Waals surface area (Å²) in [4.78, 5) is 13.5. The maximum absolute atomic E-state index is 11.6. The molecular formula is C11H19N3O. The summed E-state index contributed by atoms with van der Waals surface area (Å²) >= 11 is 0. The summed E-state index contributed by atoms with van der Waals surface area (Å²) in [6.07, 6.45) is 1.74. The summed E-state index contributed by atoms with van der Waals surface area (Å²) in [5.74, 6) is 0.154. The zero-order valence-corrected chi connectivity index (χ0v) is 9.55. The molecule has 0 aliphatic carbocycles. The van der Waals surface area contributed by atoms with E-state index in [2.05, 4.69) is 11.4 Å². The highest BCUT2D eigenvalue weighted by Crippen LogP contribution is 2.19. The molecule has 84 valence electrons. The first-order chi connectivity index (χ1) is 7.05. The van der Waals surface area contributed by atoms with Crippen molar-refractivity contribution < 1.29 is 4.79 Å². The van der Waals surface area contributed by atoms with E-state index in [9.17, 15) is 4.79 Å². The van der Waals surface area contributed by atoms with Crippen LogP contribution in [0.4, 0.5) is 0 Å². The largest absolute Gasteiger partial charge is 0.341 e. The van der Waals surface area contributed by atoms with Crippen molar-refractivity contribution >= 4 is 5.91 Å². The Labute approximate surface area is 91.2 Å². The Bertz CT molecular complexity index is 267. The van der Waals surface area contributed by atoms with Crippen molar-refractivity contribution in [2.45, 2.75) is 26.7 Å². The van der Waals surface area contributed by atoms with Gasteiger partial charge in [-0.25, -0.2) is 0 Å². The molecule has 0 aromatic rings. The highest BCUT2D eigenvalue weighted by molar-refractivity contribution is 5.78. The monoisotopic (exact) mass is 209 g/mol. The van der Waals surface area contributed by atoms with Gasteiger partial charge in [0.15, 0.2) is 0 Å². The number of hydrogen-bond acceptors (Lipinski definition) is 3. The minimum Gasteiger partial charge on any atom is -0.341 e. The van der Waals surface area contributed by atoms with E-state index in [1.54, 1.807) is 0 Å². The van der Waals surface area contributed by atoms with E-state index in [1.165, 1.54) is 0 Å². The van der Waals surface area contributed by atoms with Gasteiger partial charge in [0.1, 0.15) is 0 Å². The van der Waals surface area contributed by atoms with Crippen LogP contribution in [-0.4, -0.2) is 37.0 Å². The van der Waals surface area contributed by atoms with Crippen LogP contribution >= 0.6 is 0 Å². The first-order valence-electron chi connectivity index (χ1n) is 5.45. The van der Waals surface area contributed by atoms with E-state index in [-0.39, 0.29) is 11.3 Å². The summed E-state index contributed by atoms with van der Waals surface area (Å²) in [6.45, 7) is 6.67. The molecule has 0 saturated carbocycles. The second-order valence-electron chi connectivity index (χ2n) is 4.66. The van der Waals surface area contributed by atoms with Gasteiger partial charge in [-0.3, -0.25) is 4.79 Å². The molecule has 1 heterocycles. The van der Waals surface area contributed by atoms with Crippen LogP contribution in [0.5, 0.6) is 0 Å². The van der Waals surface area contributed by atoms with Crippen molar-refractivity contribution in [3.63, 3.8) is 0 Å². The van der Waals surface area contributed by atoms with Gasteiger partial charge in [0.2, 0.25) is 5.91 Å². The second-order valence-corrected chi connectivity index (χ2v) is 4.66. The maximum atomic E-state index is 11.6. The molecule has 0 unspecified atom stereocenters. The molecule has 4 heteroatoms. The summed E-state index contributed by atoms with van der Waals surface area (Å²) in [5, 5.41) is 12.0. The molecule has 1 aliphatic rings. The molecule has 0 atom stereocenters. The Morgan fingerprint density at radius 3 is 3.00 bits per heavy atom. The molecule has 1 saturated heterocycles. The topological polar surface area (TPSA) is 56.1 Å². The average Bonchev–Trinajstić information content (AvgIpc) is 2.40. The zero-order chi connectivity index (χ0) is 11.3. The van der Waals surface area contributed by atoms with Crippen molar-refractivity contribution in [3.05, 3.63) is 0 Å². The normalized spacial score (nSPS) is 18.5. The number of amides is 1. The van der Waals surface area contributed by atoms with E-state index in [0.717, 1.165) is 25.9 Å². The summed E-state index contributed by atoms with van der Waals surface area (Å²) in [6, 6.07) is 2.26. The lowest BCUT2D eigenvalue weighted by Crippen LogP contribution is -2.36. The third-order valence-electron chi connectivity index (χ3n) is 2.72. The van der Waals surface area contributed by atoms with E-state index >= 15 is 0 Å². The molecule has 1 aliphatic heterocycles. The van der Waals surface area contributed by atoms with Gasteiger partial charge in [-0.15, -0.1) is 0 Å². The van der Waals surface area contributed by atoms with Crippen molar-refractivity contribution in [2.24, 2.45) is 5.41 Å². The van der Waals surface area contributed by atoms with Crippen LogP contribution in [-0.2, 0) is 4.79 Å². The fraction of sp³-hybridized carbons (Fsp3) is 0.818. The second kappa shape index (κ2) is 5.13. The van der Waals surface area contributed by atoms with Crippen LogP contribution in [0.3, 0.4) is 0 Å². The summed E-state index contributed by atoms with van der Waals surface area (Å²) < 4.78 is 0. The Kier molecular flexibility index (Phi) is 4.10. The Hall–Kier alpha value is -1.08. The van der Waals surface area contributed by atoms with Crippen LogP contribution in [0.15, 0.2) is 0 Å². The van der Waals surface area contributed by atoms with Gasteiger partial charge in [0.25, 0.3) is 0 Å². The fourth-order valence-electron chi connectivity index (χ4n) is 1.53.